The second-order valence-electron chi connectivity index (χ2n) is 7.59. The van der Waals surface area contributed by atoms with Crippen LogP contribution >= 0.6 is 34.2 Å². The Morgan fingerprint density at radius 3 is 3.04 bits per heavy atom. The lowest BCUT2D eigenvalue weighted by Gasteiger charge is -2.38. The van der Waals surface area contributed by atoms with Crippen LogP contribution in [-0.2, 0) is 6.42 Å². The predicted molar refractivity (Wildman–Crippen MR) is 120 cm³/mol. The van der Waals surface area contributed by atoms with Crippen LogP contribution in [0.1, 0.15) is 54.9 Å². The van der Waals surface area contributed by atoms with E-state index in [0.29, 0.717) is 52.1 Å². The molecule has 3 unspecified atom stereocenters. The third-order valence-corrected chi connectivity index (χ3v) is 7.31. The first-order chi connectivity index (χ1) is 13.4. The molecule has 1 aromatic carbocycles. The fourth-order valence-corrected chi connectivity index (χ4v) is 5.08. The van der Waals surface area contributed by atoms with E-state index in [9.17, 15) is 9.90 Å². The molecule has 1 saturated heterocycles. The van der Waals surface area contributed by atoms with Gasteiger partial charge in [-0.3, -0.25) is 9.69 Å². The summed E-state index contributed by atoms with van der Waals surface area (Å²) in [6, 6.07) is 1.28. The number of halogens is 2. The number of ether oxygens (including phenoxy) is 1. The van der Waals surface area contributed by atoms with Crippen LogP contribution in [0.25, 0.3) is 0 Å². The predicted octanol–water partition coefficient (Wildman–Crippen LogP) is 3.36. The minimum atomic E-state index is -0.598. The van der Waals surface area contributed by atoms with Crippen molar-refractivity contribution < 1.29 is 14.6 Å². The Bertz CT molecular complexity index is 718. The molecule has 3 atom stereocenters. The lowest BCUT2D eigenvalue weighted by molar-refractivity contribution is 0.0346. The SMILES string of the molecule is CCCCCC(I)N1CCC(NC(=O)c2cc(Cl)c(N)c3c2OCC3)C(O)C1. The molecule has 1 amide bonds. The molecule has 1 fully saturated rings. The summed E-state index contributed by atoms with van der Waals surface area (Å²) in [7, 11) is 0. The highest BCUT2D eigenvalue weighted by Gasteiger charge is 2.33. The summed E-state index contributed by atoms with van der Waals surface area (Å²) in [5.41, 5.74) is 7.68. The Hall–Kier alpha value is -0.770. The number of amides is 1. The number of nitrogens with one attached hydrogen (secondary N) is 1. The van der Waals surface area contributed by atoms with Crippen molar-refractivity contribution in [1.82, 2.24) is 10.2 Å². The van der Waals surface area contributed by atoms with Crippen molar-refractivity contribution in [3.8, 4) is 5.75 Å². The molecule has 6 nitrogen and oxygen atoms in total. The topological polar surface area (TPSA) is 87.8 Å². The van der Waals surface area contributed by atoms with Crippen LogP contribution in [-0.4, -0.2) is 51.8 Å². The van der Waals surface area contributed by atoms with Crippen LogP contribution in [0.2, 0.25) is 5.02 Å². The number of fused-ring (bicyclic) bond motifs is 1. The summed E-state index contributed by atoms with van der Waals surface area (Å²) in [5.74, 6) is 0.251. The Balaban J connectivity index is 1.61. The number of likely N-dealkylation sites (tertiary alicyclic amines) is 1. The van der Waals surface area contributed by atoms with Gasteiger partial charge in [0.2, 0.25) is 0 Å². The van der Waals surface area contributed by atoms with Crippen LogP contribution in [0.4, 0.5) is 5.69 Å². The molecule has 1 aromatic rings. The molecule has 3 rings (SSSR count). The van der Waals surface area contributed by atoms with Crippen molar-refractivity contribution in [2.24, 2.45) is 0 Å². The number of nitrogens with two attached hydrogens (primary N) is 1. The van der Waals surface area contributed by atoms with Gasteiger partial charge in [-0.1, -0.05) is 60.4 Å². The number of alkyl halides is 1. The number of nitrogens with zero attached hydrogens (tertiary/aromatic N) is 1. The Kier molecular flexibility index (Phi) is 7.69. The largest absolute Gasteiger partial charge is 0.492 e. The van der Waals surface area contributed by atoms with E-state index in [-0.39, 0.29) is 11.9 Å². The van der Waals surface area contributed by atoms with E-state index < -0.39 is 6.10 Å². The van der Waals surface area contributed by atoms with Crippen molar-refractivity contribution in [2.75, 3.05) is 25.4 Å². The summed E-state index contributed by atoms with van der Waals surface area (Å²) < 4.78 is 6.05. The number of carbonyl (C=O) groups is 1. The molecule has 0 radical (unpaired) electrons. The number of hydrogen-bond acceptors (Lipinski definition) is 5. The number of aliphatic hydroxyl groups is 1. The zero-order valence-electron chi connectivity index (χ0n) is 16.2. The average molecular weight is 522 g/mol. The van der Waals surface area contributed by atoms with Crippen LogP contribution in [0.5, 0.6) is 5.75 Å². The average Bonchev–Trinajstić information content (AvgIpc) is 3.16. The van der Waals surface area contributed by atoms with Gasteiger partial charge in [0.05, 0.1) is 39.1 Å². The number of β-amino-alcohol motifs (C(OH)–C–C–N with tert-alkyl or cyclic N) is 1. The third-order valence-electron chi connectivity index (χ3n) is 5.59. The number of piperidine rings is 1. The molecule has 0 bridgehead atoms. The van der Waals surface area contributed by atoms with Gasteiger partial charge in [-0.25, -0.2) is 0 Å². The molecule has 2 aliphatic heterocycles. The number of nitrogen functional groups attached to an aromatic ring is 1. The zero-order chi connectivity index (χ0) is 20.3. The number of aliphatic hydroxyl groups excluding tert-OH is 1. The second kappa shape index (κ2) is 9.82. The number of unbranched alkanes of at least 4 members (excludes halogenated alkanes) is 2. The summed E-state index contributed by atoms with van der Waals surface area (Å²) in [5, 5.41) is 14.0. The van der Waals surface area contributed by atoms with Crippen molar-refractivity contribution in [1.29, 1.82) is 0 Å². The zero-order valence-corrected chi connectivity index (χ0v) is 19.1. The molecule has 4 N–H and O–H groups in total. The number of carbonyl (C=O) groups excluding carboxylic acids is 1. The molecule has 2 heterocycles. The summed E-state index contributed by atoms with van der Waals surface area (Å²) in [4.78, 5) is 15.2. The van der Waals surface area contributed by atoms with Gasteiger partial charge in [-0.05, 0) is 18.9 Å². The minimum absolute atomic E-state index is 0.272. The van der Waals surface area contributed by atoms with Gasteiger partial charge in [-0.2, -0.15) is 0 Å². The van der Waals surface area contributed by atoms with Gasteiger partial charge in [0.25, 0.3) is 5.91 Å². The van der Waals surface area contributed by atoms with Crippen molar-refractivity contribution >= 4 is 45.8 Å². The number of anilines is 1. The van der Waals surface area contributed by atoms with Crippen LogP contribution in [0, 0.1) is 0 Å². The molecule has 0 aliphatic carbocycles. The molecule has 0 aromatic heterocycles. The molecule has 2 aliphatic rings. The summed E-state index contributed by atoms with van der Waals surface area (Å²) >= 11 is 8.66. The lowest BCUT2D eigenvalue weighted by atomic mass is 10.00. The first-order valence-electron chi connectivity index (χ1n) is 10.0. The highest BCUT2D eigenvalue weighted by molar-refractivity contribution is 14.1. The smallest absolute Gasteiger partial charge is 0.255 e. The van der Waals surface area contributed by atoms with Gasteiger partial charge in [-0.15, -0.1) is 0 Å². The maximum Gasteiger partial charge on any atom is 0.255 e. The van der Waals surface area contributed by atoms with Crippen LogP contribution < -0.4 is 15.8 Å². The maximum absolute atomic E-state index is 12.9. The first kappa shape index (κ1) is 21.9. The maximum atomic E-state index is 12.9. The van der Waals surface area contributed by atoms with Gasteiger partial charge in [0, 0.05) is 25.1 Å². The fourth-order valence-electron chi connectivity index (χ4n) is 3.91. The molecule has 0 saturated carbocycles. The fraction of sp³-hybridized carbons (Fsp3) is 0.650. The van der Waals surface area contributed by atoms with Crippen molar-refractivity contribution in [3.05, 3.63) is 22.2 Å². The molecular formula is C20H29ClIN3O3. The quantitative estimate of drug-likeness (QED) is 0.168. The van der Waals surface area contributed by atoms with E-state index in [1.165, 1.54) is 19.3 Å². The standard InChI is InChI=1S/C20H29ClIN3O3/c1-2-3-4-5-17(22)25-8-6-15(16(26)11-25)24-20(27)13-10-14(21)18(23)12-7-9-28-19(12)13/h10,15-17,26H,2-9,11,23H2,1H3,(H,24,27). The number of benzene rings is 1. The van der Waals surface area contributed by atoms with E-state index in [1.807, 2.05) is 0 Å². The van der Waals surface area contributed by atoms with E-state index in [4.69, 9.17) is 22.1 Å². The van der Waals surface area contributed by atoms with E-state index >= 15 is 0 Å². The third kappa shape index (κ3) is 4.86. The highest BCUT2D eigenvalue weighted by atomic mass is 127. The lowest BCUT2D eigenvalue weighted by Crippen LogP contribution is -2.55. The molecule has 28 heavy (non-hydrogen) atoms. The Morgan fingerprint density at radius 2 is 2.32 bits per heavy atom. The van der Waals surface area contributed by atoms with E-state index in [2.05, 4.69) is 39.7 Å². The van der Waals surface area contributed by atoms with Gasteiger partial charge >= 0.3 is 0 Å². The van der Waals surface area contributed by atoms with Gasteiger partial charge < -0.3 is 20.9 Å². The van der Waals surface area contributed by atoms with E-state index in [0.717, 1.165) is 18.5 Å². The van der Waals surface area contributed by atoms with Gasteiger partial charge in [0.15, 0.2) is 0 Å². The minimum Gasteiger partial charge on any atom is -0.492 e. The molecule has 156 valence electrons. The van der Waals surface area contributed by atoms with Crippen molar-refractivity contribution in [2.45, 2.75) is 61.6 Å². The summed E-state index contributed by atoms with van der Waals surface area (Å²) in [6.07, 6.45) is 5.56. The summed E-state index contributed by atoms with van der Waals surface area (Å²) in [6.45, 7) is 4.13. The Labute approximate surface area is 185 Å². The second-order valence-corrected chi connectivity index (χ2v) is 9.43. The Morgan fingerprint density at radius 1 is 1.54 bits per heavy atom. The molecular weight excluding hydrogens is 493 g/mol. The number of rotatable bonds is 7. The van der Waals surface area contributed by atoms with E-state index in [1.54, 1.807) is 6.07 Å². The van der Waals surface area contributed by atoms with Crippen LogP contribution in [0.15, 0.2) is 6.07 Å². The monoisotopic (exact) mass is 521 g/mol. The van der Waals surface area contributed by atoms with Gasteiger partial charge in [0.1, 0.15) is 5.75 Å². The normalized spacial score (nSPS) is 23.1. The number of hydrogen-bond donors (Lipinski definition) is 3. The molecule has 0 spiro atoms. The molecule has 8 heteroatoms. The highest BCUT2D eigenvalue weighted by Crippen LogP contribution is 2.38. The first-order valence-corrected chi connectivity index (χ1v) is 11.7. The van der Waals surface area contributed by atoms with Crippen molar-refractivity contribution in [3.63, 3.8) is 0 Å². The van der Waals surface area contributed by atoms with Crippen LogP contribution in [0.3, 0.4) is 0 Å².